The predicted molar refractivity (Wildman–Crippen MR) is 84.5 cm³/mol. The molecule has 3 rings (SSSR count). The van der Waals surface area contributed by atoms with E-state index >= 15 is 0 Å². The molecule has 1 aromatic carbocycles. The highest BCUT2D eigenvalue weighted by Gasteiger charge is 2.30. The molecule has 2 atom stereocenters. The Hall–Kier alpha value is -2.63. The van der Waals surface area contributed by atoms with Crippen molar-refractivity contribution in [3.8, 4) is 11.5 Å². The molecule has 1 fully saturated rings. The monoisotopic (exact) mass is 313 g/mol. The van der Waals surface area contributed by atoms with Gasteiger partial charge in [-0.05, 0) is 38.3 Å². The molecule has 6 heteroatoms. The normalized spacial score (nSPS) is 20.4. The lowest BCUT2D eigenvalue weighted by Gasteiger charge is -2.11. The van der Waals surface area contributed by atoms with Crippen LogP contribution in [-0.4, -0.2) is 22.8 Å². The van der Waals surface area contributed by atoms with E-state index in [0.717, 1.165) is 12.0 Å². The van der Waals surface area contributed by atoms with Crippen LogP contribution >= 0.6 is 0 Å². The fraction of sp³-hybridized carbons (Fsp3) is 0.353. The number of primary amides is 1. The van der Waals surface area contributed by atoms with Gasteiger partial charge in [-0.15, -0.1) is 0 Å². The molecule has 0 bridgehead atoms. The summed E-state index contributed by atoms with van der Waals surface area (Å²) in [5.74, 6) is -0.117. The molecule has 6 nitrogen and oxygen atoms in total. The number of aromatic nitrogens is 1. The number of hydrogen-bond acceptors (Lipinski definition) is 4. The zero-order chi connectivity index (χ0) is 16.4. The van der Waals surface area contributed by atoms with Gasteiger partial charge in [0.1, 0.15) is 0 Å². The molecular formula is C17H19N3O3. The van der Waals surface area contributed by atoms with Crippen molar-refractivity contribution in [1.82, 2.24) is 10.3 Å². The molecule has 120 valence electrons. The van der Waals surface area contributed by atoms with E-state index in [1.54, 1.807) is 6.92 Å². The smallest absolute Gasteiger partial charge is 0.289 e. The summed E-state index contributed by atoms with van der Waals surface area (Å²) in [7, 11) is 0. The second-order valence-electron chi connectivity index (χ2n) is 5.88. The van der Waals surface area contributed by atoms with Gasteiger partial charge in [-0.25, -0.2) is 4.98 Å². The molecule has 0 spiro atoms. The second kappa shape index (κ2) is 6.24. The van der Waals surface area contributed by atoms with Crippen LogP contribution < -0.4 is 11.1 Å². The highest BCUT2D eigenvalue weighted by molar-refractivity contribution is 5.93. The number of benzene rings is 1. The maximum Gasteiger partial charge on any atom is 0.289 e. The Kier molecular flexibility index (Phi) is 4.14. The largest absolute Gasteiger partial charge is 0.431 e. The summed E-state index contributed by atoms with van der Waals surface area (Å²) in [5, 5.41) is 2.91. The summed E-state index contributed by atoms with van der Waals surface area (Å²) in [4.78, 5) is 27.9. The van der Waals surface area contributed by atoms with Crippen molar-refractivity contribution < 1.29 is 14.0 Å². The number of hydrogen-bond donors (Lipinski definition) is 2. The third-order valence-electron chi connectivity index (χ3n) is 4.19. The van der Waals surface area contributed by atoms with E-state index in [0.29, 0.717) is 24.4 Å². The van der Waals surface area contributed by atoms with Crippen molar-refractivity contribution in [2.45, 2.75) is 32.2 Å². The zero-order valence-corrected chi connectivity index (χ0v) is 12.9. The Morgan fingerprint density at radius 3 is 2.65 bits per heavy atom. The summed E-state index contributed by atoms with van der Waals surface area (Å²) in [6.07, 6.45) is 2.04. The first kappa shape index (κ1) is 15.3. The molecule has 0 unspecified atom stereocenters. The first-order valence-corrected chi connectivity index (χ1v) is 7.67. The van der Waals surface area contributed by atoms with E-state index in [1.807, 2.05) is 30.3 Å². The number of amides is 2. The Labute approximate surface area is 134 Å². The van der Waals surface area contributed by atoms with E-state index in [2.05, 4.69) is 10.3 Å². The van der Waals surface area contributed by atoms with Gasteiger partial charge in [0.25, 0.3) is 5.91 Å². The van der Waals surface area contributed by atoms with Gasteiger partial charge in [0.05, 0.1) is 5.69 Å². The quantitative estimate of drug-likeness (QED) is 0.902. The first-order chi connectivity index (χ1) is 11.0. The number of aryl methyl sites for hydroxylation is 1. The Morgan fingerprint density at radius 1 is 1.26 bits per heavy atom. The first-order valence-electron chi connectivity index (χ1n) is 7.67. The van der Waals surface area contributed by atoms with Gasteiger partial charge in [0, 0.05) is 17.5 Å². The fourth-order valence-electron chi connectivity index (χ4n) is 2.93. The van der Waals surface area contributed by atoms with Gasteiger partial charge < -0.3 is 15.5 Å². The average molecular weight is 313 g/mol. The minimum absolute atomic E-state index is 0.0512. The van der Waals surface area contributed by atoms with Crippen LogP contribution in [0.3, 0.4) is 0 Å². The van der Waals surface area contributed by atoms with Crippen LogP contribution in [0.2, 0.25) is 0 Å². The number of carbonyl (C=O) groups excluding carboxylic acids is 2. The predicted octanol–water partition coefficient (Wildman–Crippen LogP) is 2.03. The molecule has 2 amide bonds. The van der Waals surface area contributed by atoms with Gasteiger partial charge >= 0.3 is 0 Å². The molecular weight excluding hydrogens is 294 g/mol. The Bertz CT molecular complexity index is 724. The fourth-order valence-corrected chi connectivity index (χ4v) is 2.93. The van der Waals surface area contributed by atoms with Crippen LogP contribution in [0.4, 0.5) is 0 Å². The van der Waals surface area contributed by atoms with Gasteiger partial charge in [-0.2, -0.15) is 0 Å². The minimum atomic E-state index is -0.302. The average Bonchev–Trinajstić information content (AvgIpc) is 3.15. The Morgan fingerprint density at radius 2 is 2.00 bits per heavy atom. The van der Waals surface area contributed by atoms with Gasteiger partial charge in [0.15, 0.2) is 0 Å². The number of oxazole rings is 1. The standard InChI is InChI=1S/C17H19N3O3/c1-10-14(23-17(19-10)11-5-3-2-4-6-11)16(22)20-13-8-7-12(9-13)15(18)21/h2-6,12-13H,7-9H2,1H3,(H2,18,21)(H,20,22)/t12-,13+/m0/s1. The topological polar surface area (TPSA) is 98.2 Å². The third-order valence-corrected chi connectivity index (χ3v) is 4.19. The maximum atomic E-state index is 12.4. The molecule has 0 radical (unpaired) electrons. The molecule has 1 saturated carbocycles. The maximum absolute atomic E-state index is 12.4. The van der Waals surface area contributed by atoms with Crippen molar-refractivity contribution in [2.75, 3.05) is 0 Å². The molecule has 1 heterocycles. The van der Waals surface area contributed by atoms with E-state index in [1.165, 1.54) is 0 Å². The molecule has 1 aliphatic carbocycles. The summed E-state index contributed by atoms with van der Waals surface area (Å²) >= 11 is 0. The molecule has 0 saturated heterocycles. The molecule has 0 aliphatic heterocycles. The van der Waals surface area contributed by atoms with Crippen molar-refractivity contribution in [2.24, 2.45) is 11.7 Å². The molecule has 2 aromatic rings. The van der Waals surface area contributed by atoms with Gasteiger partial charge in [-0.1, -0.05) is 18.2 Å². The molecule has 23 heavy (non-hydrogen) atoms. The van der Waals surface area contributed by atoms with Crippen molar-refractivity contribution in [1.29, 1.82) is 0 Å². The number of nitrogens with zero attached hydrogens (tertiary/aromatic N) is 1. The lowest BCUT2D eigenvalue weighted by atomic mass is 10.1. The zero-order valence-electron chi connectivity index (χ0n) is 12.9. The van der Waals surface area contributed by atoms with Crippen LogP contribution in [0.15, 0.2) is 34.7 Å². The highest BCUT2D eigenvalue weighted by atomic mass is 16.4. The van der Waals surface area contributed by atoms with Crippen LogP contribution in [0.25, 0.3) is 11.5 Å². The van der Waals surface area contributed by atoms with Crippen LogP contribution in [0.5, 0.6) is 0 Å². The SMILES string of the molecule is Cc1nc(-c2ccccc2)oc1C(=O)N[C@@H]1CC[C@H](C(N)=O)C1. The van der Waals surface area contributed by atoms with Crippen LogP contribution in [0.1, 0.15) is 35.5 Å². The summed E-state index contributed by atoms with van der Waals surface area (Å²) in [5.41, 5.74) is 6.68. The second-order valence-corrected chi connectivity index (χ2v) is 5.88. The summed E-state index contributed by atoms with van der Waals surface area (Å²) in [6, 6.07) is 9.38. The number of rotatable bonds is 4. The minimum Gasteiger partial charge on any atom is -0.431 e. The van der Waals surface area contributed by atoms with Crippen LogP contribution in [0, 0.1) is 12.8 Å². The van der Waals surface area contributed by atoms with E-state index in [4.69, 9.17) is 10.2 Å². The molecule has 3 N–H and O–H groups in total. The number of nitrogens with two attached hydrogens (primary N) is 1. The lowest BCUT2D eigenvalue weighted by molar-refractivity contribution is -0.121. The van der Waals surface area contributed by atoms with E-state index in [-0.39, 0.29) is 29.5 Å². The van der Waals surface area contributed by atoms with E-state index < -0.39 is 0 Å². The number of carbonyl (C=O) groups is 2. The Balaban J connectivity index is 1.71. The lowest BCUT2D eigenvalue weighted by Crippen LogP contribution is -2.34. The van der Waals surface area contributed by atoms with Crippen molar-refractivity contribution in [3.63, 3.8) is 0 Å². The van der Waals surface area contributed by atoms with Crippen LogP contribution in [-0.2, 0) is 4.79 Å². The third kappa shape index (κ3) is 3.26. The number of nitrogens with one attached hydrogen (secondary N) is 1. The van der Waals surface area contributed by atoms with Gasteiger partial charge in [0.2, 0.25) is 17.6 Å². The van der Waals surface area contributed by atoms with Crippen molar-refractivity contribution >= 4 is 11.8 Å². The summed E-state index contributed by atoms with van der Waals surface area (Å²) in [6.45, 7) is 1.74. The van der Waals surface area contributed by atoms with Crippen molar-refractivity contribution in [3.05, 3.63) is 41.8 Å². The van der Waals surface area contributed by atoms with Gasteiger partial charge in [-0.3, -0.25) is 9.59 Å². The highest BCUT2D eigenvalue weighted by Crippen LogP contribution is 2.26. The molecule has 1 aromatic heterocycles. The van der Waals surface area contributed by atoms with E-state index in [9.17, 15) is 9.59 Å². The molecule has 1 aliphatic rings. The summed E-state index contributed by atoms with van der Waals surface area (Å²) < 4.78 is 5.63.